The minimum Gasteiger partial charge on any atom is -0.357 e. The Labute approximate surface area is 148 Å². The van der Waals surface area contributed by atoms with E-state index in [0.29, 0.717) is 0 Å². The molecule has 3 aromatic rings. The van der Waals surface area contributed by atoms with Gasteiger partial charge in [-0.3, -0.25) is 10.1 Å². The van der Waals surface area contributed by atoms with Crippen LogP contribution in [0, 0.1) is 10.1 Å². The zero-order chi connectivity index (χ0) is 17.2. The Balaban J connectivity index is 1.60. The van der Waals surface area contributed by atoms with Gasteiger partial charge >= 0.3 is 0 Å². The average molecular weight is 352 g/mol. The van der Waals surface area contributed by atoms with Crippen molar-refractivity contribution in [2.24, 2.45) is 0 Å². The van der Waals surface area contributed by atoms with Gasteiger partial charge in [-0.2, -0.15) is 0 Å². The normalized spacial score (nSPS) is 14.0. The third kappa shape index (κ3) is 3.23. The highest BCUT2D eigenvalue weighted by Crippen LogP contribution is 2.31. The molecule has 2 aromatic heterocycles. The molecular weight excluding hydrogens is 336 g/mol. The predicted octanol–water partition coefficient (Wildman–Crippen LogP) is 4.38. The van der Waals surface area contributed by atoms with E-state index in [4.69, 9.17) is 4.98 Å². The number of hydrogen-bond acceptors (Lipinski definition) is 6. The summed E-state index contributed by atoms with van der Waals surface area (Å²) >= 11 is 1.57. The summed E-state index contributed by atoms with van der Waals surface area (Å²) in [6.07, 6.45) is 4.26. The summed E-state index contributed by atoms with van der Waals surface area (Å²) < 4.78 is 0. The molecule has 1 aliphatic heterocycles. The van der Waals surface area contributed by atoms with E-state index >= 15 is 0 Å². The van der Waals surface area contributed by atoms with E-state index in [9.17, 15) is 10.1 Å². The standard InChI is InChI=1S/C18H16N4O2S/c23-22(24)15-5-3-13(4-6-15)16-12-25-18(20-16)14-7-8-19-17(11-14)21-9-1-2-10-21/h3-8,11-12H,1-2,9-10H2. The van der Waals surface area contributed by atoms with E-state index in [0.717, 1.165) is 40.7 Å². The zero-order valence-corrected chi connectivity index (χ0v) is 14.3. The molecule has 7 heteroatoms. The maximum atomic E-state index is 10.8. The van der Waals surface area contributed by atoms with Crippen LogP contribution in [-0.4, -0.2) is 28.0 Å². The van der Waals surface area contributed by atoms with Gasteiger partial charge in [0.25, 0.3) is 5.69 Å². The number of rotatable bonds is 4. The molecule has 25 heavy (non-hydrogen) atoms. The van der Waals surface area contributed by atoms with E-state index in [1.165, 1.54) is 25.0 Å². The lowest BCUT2D eigenvalue weighted by Crippen LogP contribution is -2.18. The average Bonchev–Trinajstić information content (AvgIpc) is 3.34. The van der Waals surface area contributed by atoms with Crippen molar-refractivity contribution in [3.05, 3.63) is 58.1 Å². The molecule has 0 atom stereocenters. The Morgan fingerprint density at radius 2 is 1.84 bits per heavy atom. The lowest BCUT2D eigenvalue weighted by atomic mass is 10.1. The summed E-state index contributed by atoms with van der Waals surface area (Å²) in [6.45, 7) is 2.12. The van der Waals surface area contributed by atoms with Crippen molar-refractivity contribution in [2.75, 3.05) is 18.0 Å². The quantitative estimate of drug-likeness (QED) is 0.515. The van der Waals surface area contributed by atoms with Gasteiger partial charge < -0.3 is 4.90 Å². The predicted molar refractivity (Wildman–Crippen MR) is 98.9 cm³/mol. The van der Waals surface area contributed by atoms with Gasteiger partial charge in [-0.05, 0) is 37.1 Å². The fraction of sp³-hybridized carbons (Fsp3) is 0.222. The molecule has 0 saturated carbocycles. The molecule has 126 valence electrons. The van der Waals surface area contributed by atoms with Crippen LogP contribution in [0.4, 0.5) is 11.5 Å². The number of thiazole rings is 1. The number of nitrogens with zero attached hydrogens (tertiary/aromatic N) is 4. The van der Waals surface area contributed by atoms with Crippen molar-refractivity contribution in [1.82, 2.24) is 9.97 Å². The molecule has 1 aromatic carbocycles. The summed E-state index contributed by atoms with van der Waals surface area (Å²) in [4.78, 5) is 21.8. The highest BCUT2D eigenvalue weighted by Gasteiger charge is 2.15. The van der Waals surface area contributed by atoms with Gasteiger partial charge in [0, 0.05) is 47.9 Å². The van der Waals surface area contributed by atoms with Crippen LogP contribution >= 0.6 is 11.3 Å². The lowest BCUT2D eigenvalue weighted by Gasteiger charge is -2.16. The molecule has 0 radical (unpaired) electrons. The first kappa shape index (κ1) is 15.7. The Hall–Kier alpha value is -2.80. The topological polar surface area (TPSA) is 72.2 Å². The van der Waals surface area contributed by atoms with E-state index in [1.807, 2.05) is 17.6 Å². The Bertz CT molecular complexity index is 901. The maximum Gasteiger partial charge on any atom is 0.269 e. The monoisotopic (exact) mass is 352 g/mol. The molecule has 0 spiro atoms. The van der Waals surface area contributed by atoms with Crippen molar-refractivity contribution >= 4 is 22.8 Å². The number of non-ortho nitro benzene ring substituents is 1. The zero-order valence-electron chi connectivity index (χ0n) is 13.5. The Morgan fingerprint density at radius 1 is 1.08 bits per heavy atom. The largest absolute Gasteiger partial charge is 0.357 e. The summed E-state index contributed by atoms with van der Waals surface area (Å²) in [5.74, 6) is 1.00. The smallest absolute Gasteiger partial charge is 0.269 e. The van der Waals surface area contributed by atoms with Crippen molar-refractivity contribution in [3.63, 3.8) is 0 Å². The molecule has 0 unspecified atom stereocenters. The fourth-order valence-corrected chi connectivity index (χ4v) is 3.79. The number of nitro benzene ring substituents is 1. The van der Waals surface area contributed by atoms with Crippen molar-refractivity contribution < 1.29 is 4.92 Å². The number of aromatic nitrogens is 2. The molecular formula is C18H16N4O2S. The van der Waals surface area contributed by atoms with E-state index in [-0.39, 0.29) is 5.69 Å². The van der Waals surface area contributed by atoms with Crippen molar-refractivity contribution in [1.29, 1.82) is 0 Å². The van der Waals surface area contributed by atoms with Gasteiger partial charge in [-0.25, -0.2) is 9.97 Å². The molecule has 0 N–H and O–H groups in total. The summed E-state index contributed by atoms with van der Waals surface area (Å²) in [6, 6.07) is 10.5. The number of benzene rings is 1. The van der Waals surface area contributed by atoms with E-state index in [1.54, 1.807) is 23.5 Å². The molecule has 1 aliphatic rings. The van der Waals surface area contributed by atoms with Gasteiger partial charge in [0.05, 0.1) is 10.6 Å². The number of anilines is 1. The molecule has 6 nitrogen and oxygen atoms in total. The number of hydrogen-bond donors (Lipinski definition) is 0. The van der Waals surface area contributed by atoms with Crippen LogP contribution in [0.25, 0.3) is 21.8 Å². The second-order valence-electron chi connectivity index (χ2n) is 5.94. The lowest BCUT2D eigenvalue weighted by molar-refractivity contribution is -0.384. The van der Waals surface area contributed by atoms with Crippen molar-refractivity contribution in [3.8, 4) is 21.8 Å². The summed E-state index contributed by atoms with van der Waals surface area (Å²) in [5.41, 5.74) is 2.84. The second-order valence-corrected chi connectivity index (χ2v) is 6.80. The number of pyridine rings is 1. The first-order valence-electron chi connectivity index (χ1n) is 8.12. The molecule has 0 bridgehead atoms. The highest BCUT2D eigenvalue weighted by atomic mass is 32.1. The van der Waals surface area contributed by atoms with Crippen LogP contribution in [0.1, 0.15) is 12.8 Å². The van der Waals surface area contributed by atoms with Crippen LogP contribution in [0.15, 0.2) is 48.0 Å². The third-order valence-electron chi connectivity index (χ3n) is 4.30. The van der Waals surface area contributed by atoms with Crippen molar-refractivity contribution in [2.45, 2.75) is 12.8 Å². The minimum atomic E-state index is -0.396. The van der Waals surface area contributed by atoms with E-state index in [2.05, 4.69) is 16.0 Å². The van der Waals surface area contributed by atoms with Gasteiger partial charge in [0.1, 0.15) is 10.8 Å². The second kappa shape index (κ2) is 6.60. The summed E-state index contributed by atoms with van der Waals surface area (Å²) in [5, 5.41) is 13.7. The molecule has 1 saturated heterocycles. The van der Waals surface area contributed by atoms with Gasteiger partial charge in [0.2, 0.25) is 0 Å². The van der Waals surface area contributed by atoms with Gasteiger partial charge in [0.15, 0.2) is 0 Å². The Morgan fingerprint density at radius 3 is 2.56 bits per heavy atom. The molecule has 1 fully saturated rings. The molecule has 4 rings (SSSR count). The van der Waals surface area contributed by atoms with Gasteiger partial charge in [-0.1, -0.05) is 0 Å². The third-order valence-corrected chi connectivity index (χ3v) is 5.19. The Kier molecular flexibility index (Phi) is 4.15. The SMILES string of the molecule is O=[N+]([O-])c1ccc(-c2csc(-c3ccnc(N4CCCC4)c3)n2)cc1. The molecule has 0 aliphatic carbocycles. The summed E-state index contributed by atoms with van der Waals surface area (Å²) in [7, 11) is 0. The fourth-order valence-electron chi connectivity index (χ4n) is 2.96. The molecule has 3 heterocycles. The number of nitro groups is 1. The molecule has 0 amide bonds. The maximum absolute atomic E-state index is 10.8. The van der Waals surface area contributed by atoms with E-state index < -0.39 is 4.92 Å². The highest BCUT2D eigenvalue weighted by molar-refractivity contribution is 7.13. The van der Waals surface area contributed by atoms with Crippen LogP contribution in [0.5, 0.6) is 0 Å². The minimum absolute atomic E-state index is 0.0867. The van der Waals surface area contributed by atoms with Crippen LogP contribution in [-0.2, 0) is 0 Å². The van der Waals surface area contributed by atoms with Gasteiger partial charge in [-0.15, -0.1) is 11.3 Å². The van der Waals surface area contributed by atoms with Crippen LogP contribution in [0.2, 0.25) is 0 Å². The first-order valence-corrected chi connectivity index (χ1v) is 9.00. The van der Waals surface area contributed by atoms with Crippen LogP contribution < -0.4 is 4.90 Å². The van der Waals surface area contributed by atoms with Crippen LogP contribution in [0.3, 0.4) is 0 Å². The first-order chi connectivity index (χ1) is 12.2.